The minimum Gasteiger partial charge on any atom is -0.302 e. The van der Waals surface area contributed by atoms with E-state index in [1.54, 1.807) is 18.2 Å². The molecule has 0 amide bonds. The van der Waals surface area contributed by atoms with Gasteiger partial charge in [0.05, 0.1) is 16.2 Å². The van der Waals surface area contributed by atoms with Crippen LogP contribution in [0.25, 0.3) is 11.4 Å². The van der Waals surface area contributed by atoms with Crippen LogP contribution >= 0.6 is 11.8 Å². The summed E-state index contributed by atoms with van der Waals surface area (Å²) in [6, 6.07) is 9.01. The van der Waals surface area contributed by atoms with Gasteiger partial charge in [-0.3, -0.25) is 0 Å². The summed E-state index contributed by atoms with van der Waals surface area (Å²) < 4.78 is 29.1. The van der Waals surface area contributed by atoms with Crippen LogP contribution in [-0.4, -0.2) is 45.8 Å². The molecule has 2 aromatic rings. The Kier molecular flexibility index (Phi) is 7.63. The standard InChI is InChI=1S/C19H27N5O2S2/c1-6-23(7-2)28(25,26)17-10-8-9-16(11-17)18-21-22-19(27-15(5)12-20)24(18)13-14(3)4/h8-11,14-15H,6-7,13H2,1-5H3/t15-/m1/s1. The molecule has 0 unspecified atom stereocenters. The molecule has 0 aliphatic heterocycles. The van der Waals surface area contributed by atoms with E-state index in [0.717, 1.165) is 0 Å². The van der Waals surface area contributed by atoms with Gasteiger partial charge in [-0.05, 0) is 25.0 Å². The molecule has 0 fully saturated rings. The molecule has 1 heterocycles. The van der Waals surface area contributed by atoms with Gasteiger partial charge in [-0.15, -0.1) is 10.2 Å². The summed E-state index contributed by atoms with van der Waals surface area (Å²) in [4.78, 5) is 0.243. The Morgan fingerprint density at radius 3 is 2.46 bits per heavy atom. The Balaban J connectivity index is 2.52. The fourth-order valence-electron chi connectivity index (χ4n) is 2.81. The summed E-state index contributed by atoms with van der Waals surface area (Å²) in [5.41, 5.74) is 0.692. The highest BCUT2D eigenvalue weighted by molar-refractivity contribution is 8.00. The van der Waals surface area contributed by atoms with Crippen LogP contribution in [0.1, 0.15) is 34.6 Å². The molecule has 2 rings (SSSR count). The summed E-state index contributed by atoms with van der Waals surface area (Å²) in [6.45, 7) is 11.2. The highest BCUT2D eigenvalue weighted by atomic mass is 32.2. The third kappa shape index (κ3) is 4.93. The Bertz CT molecular complexity index is 943. The van der Waals surface area contributed by atoms with Crippen molar-refractivity contribution in [3.05, 3.63) is 24.3 Å². The molecule has 28 heavy (non-hydrogen) atoms. The first-order chi connectivity index (χ1) is 13.2. The van der Waals surface area contributed by atoms with Crippen molar-refractivity contribution in [1.29, 1.82) is 5.26 Å². The average molecular weight is 422 g/mol. The van der Waals surface area contributed by atoms with Crippen LogP contribution in [0.5, 0.6) is 0 Å². The number of hydrogen-bond acceptors (Lipinski definition) is 6. The first-order valence-corrected chi connectivity index (χ1v) is 11.7. The quantitative estimate of drug-likeness (QED) is 0.574. The molecule has 1 atom stereocenters. The summed E-state index contributed by atoms with van der Waals surface area (Å²) in [5.74, 6) is 0.951. The van der Waals surface area contributed by atoms with E-state index in [4.69, 9.17) is 5.26 Å². The lowest BCUT2D eigenvalue weighted by Gasteiger charge is -2.19. The molecular weight excluding hydrogens is 394 g/mol. The smallest absolute Gasteiger partial charge is 0.243 e. The minimum absolute atomic E-state index is 0.243. The third-order valence-corrected chi connectivity index (χ3v) is 7.18. The summed E-state index contributed by atoms with van der Waals surface area (Å²) in [7, 11) is -3.56. The van der Waals surface area contributed by atoms with E-state index in [2.05, 4.69) is 30.1 Å². The van der Waals surface area contributed by atoms with E-state index in [-0.39, 0.29) is 10.1 Å². The molecule has 0 bridgehead atoms. The van der Waals surface area contributed by atoms with E-state index in [0.29, 0.717) is 42.1 Å². The molecular formula is C19H27N5O2S2. The zero-order valence-electron chi connectivity index (χ0n) is 17.0. The van der Waals surface area contributed by atoms with Gasteiger partial charge in [0.2, 0.25) is 10.0 Å². The van der Waals surface area contributed by atoms with Crippen molar-refractivity contribution >= 4 is 21.8 Å². The van der Waals surface area contributed by atoms with E-state index in [1.807, 2.05) is 31.4 Å². The van der Waals surface area contributed by atoms with Crippen LogP contribution in [0.15, 0.2) is 34.3 Å². The lowest BCUT2D eigenvalue weighted by atomic mass is 10.2. The second-order valence-electron chi connectivity index (χ2n) is 6.82. The zero-order chi connectivity index (χ0) is 20.9. The Morgan fingerprint density at radius 1 is 1.21 bits per heavy atom. The van der Waals surface area contributed by atoms with Gasteiger partial charge in [-0.2, -0.15) is 9.57 Å². The monoisotopic (exact) mass is 421 g/mol. The number of nitriles is 1. The molecule has 1 aromatic heterocycles. The third-order valence-electron chi connectivity index (χ3n) is 4.16. The van der Waals surface area contributed by atoms with Crippen molar-refractivity contribution < 1.29 is 8.42 Å². The van der Waals surface area contributed by atoms with Crippen molar-refractivity contribution in [1.82, 2.24) is 19.1 Å². The van der Waals surface area contributed by atoms with E-state index in [1.165, 1.54) is 16.1 Å². The van der Waals surface area contributed by atoms with Crippen molar-refractivity contribution in [3.8, 4) is 17.5 Å². The van der Waals surface area contributed by atoms with Gasteiger partial charge in [0, 0.05) is 25.2 Å². The van der Waals surface area contributed by atoms with Crippen LogP contribution in [-0.2, 0) is 16.6 Å². The molecule has 0 saturated heterocycles. The van der Waals surface area contributed by atoms with E-state index in [9.17, 15) is 8.42 Å². The molecule has 7 nitrogen and oxygen atoms in total. The van der Waals surface area contributed by atoms with Gasteiger partial charge < -0.3 is 4.57 Å². The number of benzene rings is 1. The summed E-state index contributed by atoms with van der Waals surface area (Å²) >= 11 is 1.35. The van der Waals surface area contributed by atoms with E-state index < -0.39 is 10.0 Å². The maximum Gasteiger partial charge on any atom is 0.243 e. The number of nitrogens with zero attached hydrogens (tertiary/aromatic N) is 5. The first kappa shape index (κ1) is 22.4. The average Bonchev–Trinajstić information content (AvgIpc) is 3.04. The number of rotatable bonds is 9. The topological polar surface area (TPSA) is 91.9 Å². The normalized spacial score (nSPS) is 13.1. The second kappa shape index (κ2) is 9.54. The van der Waals surface area contributed by atoms with Crippen molar-refractivity contribution in [3.63, 3.8) is 0 Å². The molecule has 0 radical (unpaired) electrons. The number of aromatic nitrogens is 3. The lowest BCUT2D eigenvalue weighted by Crippen LogP contribution is -2.30. The fraction of sp³-hybridized carbons (Fsp3) is 0.526. The number of thioether (sulfide) groups is 1. The molecule has 9 heteroatoms. The predicted molar refractivity (Wildman–Crippen MR) is 111 cm³/mol. The Morgan fingerprint density at radius 2 is 1.89 bits per heavy atom. The van der Waals surface area contributed by atoms with Gasteiger partial charge in [-0.25, -0.2) is 8.42 Å². The first-order valence-electron chi connectivity index (χ1n) is 9.34. The van der Waals surface area contributed by atoms with Crippen LogP contribution in [0.2, 0.25) is 0 Å². The van der Waals surface area contributed by atoms with Crippen LogP contribution < -0.4 is 0 Å². The molecule has 1 aromatic carbocycles. The highest BCUT2D eigenvalue weighted by Crippen LogP contribution is 2.29. The maximum atomic E-state index is 12.9. The second-order valence-corrected chi connectivity index (χ2v) is 10.1. The fourth-order valence-corrected chi connectivity index (χ4v) is 5.06. The van der Waals surface area contributed by atoms with Crippen molar-refractivity contribution in [2.24, 2.45) is 5.92 Å². The molecule has 0 saturated carbocycles. The maximum absolute atomic E-state index is 12.9. The van der Waals surface area contributed by atoms with E-state index >= 15 is 0 Å². The minimum atomic E-state index is -3.56. The Labute approximate surface area is 171 Å². The van der Waals surface area contributed by atoms with Gasteiger partial charge in [0.1, 0.15) is 0 Å². The van der Waals surface area contributed by atoms with Crippen LogP contribution in [0, 0.1) is 17.2 Å². The summed E-state index contributed by atoms with van der Waals surface area (Å²) in [6.07, 6.45) is 0. The van der Waals surface area contributed by atoms with Gasteiger partial charge in [0.15, 0.2) is 11.0 Å². The predicted octanol–water partition coefficient (Wildman–Crippen LogP) is 3.64. The number of sulfonamides is 1. The van der Waals surface area contributed by atoms with Crippen LogP contribution in [0.4, 0.5) is 0 Å². The molecule has 0 spiro atoms. The van der Waals surface area contributed by atoms with Crippen LogP contribution in [0.3, 0.4) is 0 Å². The molecule has 0 N–H and O–H groups in total. The molecule has 0 aliphatic carbocycles. The zero-order valence-corrected chi connectivity index (χ0v) is 18.6. The van der Waals surface area contributed by atoms with Crippen molar-refractivity contribution in [2.45, 2.75) is 56.5 Å². The number of hydrogen-bond donors (Lipinski definition) is 0. The van der Waals surface area contributed by atoms with Crippen molar-refractivity contribution in [2.75, 3.05) is 13.1 Å². The van der Waals surface area contributed by atoms with Gasteiger partial charge >= 0.3 is 0 Å². The largest absolute Gasteiger partial charge is 0.302 e. The Hall–Kier alpha value is -1.89. The lowest BCUT2D eigenvalue weighted by molar-refractivity contribution is 0.445. The summed E-state index contributed by atoms with van der Waals surface area (Å²) in [5, 5.41) is 18.1. The molecule has 152 valence electrons. The molecule has 0 aliphatic rings. The van der Waals surface area contributed by atoms with Gasteiger partial charge in [-0.1, -0.05) is 51.6 Å². The van der Waals surface area contributed by atoms with Gasteiger partial charge in [0.25, 0.3) is 0 Å². The SMILES string of the molecule is CCN(CC)S(=O)(=O)c1cccc(-c2nnc(S[C@H](C)C#N)n2CC(C)C)c1. The highest BCUT2D eigenvalue weighted by Gasteiger charge is 2.23.